The minimum absolute atomic E-state index is 0.0350. The summed E-state index contributed by atoms with van der Waals surface area (Å²) in [6.07, 6.45) is 0.0993. The lowest BCUT2D eigenvalue weighted by Gasteiger charge is -2.12. The lowest BCUT2D eigenvalue weighted by molar-refractivity contribution is -0.115. The van der Waals surface area contributed by atoms with Gasteiger partial charge in [-0.15, -0.1) is 0 Å². The van der Waals surface area contributed by atoms with Gasteiger partial charge in [0.15, 0.2) is 9.84 Å². The van der Waals surface area contributed by atoms with Crippen LogP contribution in [0.1, 0.15) is 12.5 Å². The minimum atomic E-state index is -3.26. The van der Waals surface area contributed by atoms with Gasteiger partial charge in [-0.05, 0) is 35.4 Å². The van der Waals surface area contributed by atoms with Gasteiger partial charge in [-0.25, -0.2) is 8.42 Å². The number of amides is 1. The molecule has 0 radical (unpaired) electrons. The van der Waals surface area contributed by atoms with Gasteiger partial charge in [0, 0.05) is 11.3 Å². The van der Waals surface area contributed by atoms with Crippen LogP contribution in [0.25, 0.3) is 11.1 Å². The molecule has 0 atom stereocenters. The molecule has 1 N–H and O–H groups in total. The molecule has 1 amide bonds. The van der Waals surface area contributed by atoms with E-state index < -0.39 is 9.84 Å². The number of anilines is 1. The second-order valence-corrected chi connectivity index (χ2v) is 9.55. The number of sulfone groups is 1. The fraction of sp³-hybridized carbons (Fsp3) is 0.136. The largest absolute Gasteiger partial charge is 0.326 e. The maximum absolute atomic E-state index is 12.4. The third kappa shape index (κ3) is 5.18. The van der Waals surface area contributed by atoms with Crippen molar-refractivity contribution in [2.75, 3.05) is 11.1 Å². The van der Waals surface area contributed by atoms with E-state index in [0.717, 1.165) is 5.56 Å². The van der Waals surface area contributed by atoms with Crippen molar-refractivity contribution in [3.8, 4) is 11.1 Å². The van der Waals surface area contributed by atoms with Crippen LogP contribution in [0.15, 0.2) is 71.6 Å². The van der Waals surface area contributed by atoms with E-state index in [2.05, 4.69) is 5.32 Å². The summed E-state index contributed by atoms with van der Waals surface area (Å²) in [6, 6.07) is 19.2. The summed E-state index contributed by atoms with van der Waals surface area (Å²) in [5.41, 5.74) is 2.80. The highest BCUT2D eigenvalue weighted by Gasteiger charge is 2.14. The summed E-state index contributed by atoms with van der Waals surface area (Å²) >= 11 is 12.8. The van der Waals surface area contributed by atoms with Crippen LogP contribution in [0.4, 0.5) is 5.69 Å². The lowest BCUT2D eigenvalue weighted by atomic mass is 10.0. The predicted octanol–water partition coefficient (Wildman–Crippen LogP) is 5.64. The van der Waals surface area contributed by atoms with Crippen LogP contribution in [-0.4, -0.2) is 20.1 Å². The predicted molar refractivity (Wildman–Crippen MR) is 118 cm³/mol. The van der Waals surface area contributed by atoms with Crippen LogP contribution in [-0.2, 0) is 21.1 Å². The van der Waals surface area contributed by atoms with Crippen molar-refractivity contribution in [3.63, 3.8) is 0 Å². The number of carbonyl (C=O) groups excluding carboxylic acids is 1. The minimum Gasteiger partial charge on any atom is -0.326 e. The van der Waals surface area contributed by atoms with Gasteiger partial charge in [0.2, 0.25) is 5.91 Å². The van der Waals surface area contributed by atoms with Gasteiger partial charge in [0.1, 0.15) is 0 Å². The molecule has 0 unspecified atom stereocenters. The molecule has 0 aliphatic carbocycles. The number of rotatable bonds is 6. The van der Waals surface area contributed by atoms with E-state index in [1.165, 1.54) is 12.1 Å². The molecule has 7 heteroatoms. The number of hydrogen-bond donors (Lipinski definition) is 1. The molecule has 3 rings (SSSR count). The zero-order valence-corrected chi connectivity index (χ0v) is 18.0. The van der Waals surface area contributed by atoms with Crippen LogP contribution in [0.3, 0.4) is 0 Å². The van der Waals surface area contributed by atoms with E-state index in [4.69, 9.17) is 23.2 Å². The van der Waals surface area contributed by atoms with Crippen LogP contribution in [0.5, 0.6) is 0 Å². The second kappa shape index (κ2) is 8.99. The van der Waals surface area contributed by atoms with Gasteiger partial charge in [0.05, 0.1) is 27.1 Å². The summed E-state index contributed by atoms with van der Waals surface area (Å²) in [5.74, 6) is -0.219. The molecule has 0 fully saturated rings. The van der Waals surface area contributed by atoms with E-state index in [-0.39, 0.29) is 23.0 Å². The van der Waals surface area contributed by atoms with Crippen molar-refractivity contribution in [1.29, 1.82) is 0 Å². The SMILES string of the molecule is CCS(=O)(=O)c1ccc(CC(=O)Nc2cc(Cl)c(-c3ccccc3)c(Cl)c2)cc1. The van der Waals surface area contributed by atoms with Gasteiger partial charge in [0.25, 0.3) is 0 Å². The molecule has 3 aromatic carbocycles. The third-order valence-electron chi connectivity index (χ3n) is 4.42. The van der Waals surface area contributed by atoms with Gasteiger partial charge in [-0.2, -0.15) is 0 Å². The first-order chi connectivity index (χ1) is 13.8. The van der Waals surface area contributed by atoms with Gasteiger partial charge >= 0.3 is 0 Å². The normalized spacial score (nSPS) is 11.3. The first-order valence-electron chi connectivity index (χ1n) is 8.96. The molecule has 0 aromatic heterocycles. The van der Waals surface area contributed by atoms with Gasteiger partial charge in [-0.1, -0.05) is 72.6 Å². The number of hydrogen-bond acceptors (Lipinski definition) is 3. The Morgan fingerprint density at radius 2 is 1.52 bits per heavy atom. The molecular formula is C22H19Cl2NO3S. The molecule has 0 bridgehead atoms. The molecule has 0 saturated carbocycles. The van der Waals surface area contributed by atoms with Crippen molar-refractivity contribution in [1.82, 2.24) is 0 Å². The maximum atomic E-state index is 12.4. The number of halogens is 2. The molecule has 0 saturated heterocycles. The molecule has 150 valence electrons. The topological polar surface area (TPSA) is 63.2 Å². The lowest BCUT2D eigenvalue weighted by Crippen LogP contribution is -2.14. The van der Waals surface area contributed by atoms with Gasteiger partial charge in [-0.3, -0.25) is 4.79 Å². The van der Waals surface area contributed by atoms with Crippen molar-refractivity contribution in [2.45, 2.75) is 18.2 Å². The summed E-state index contributed by atoms with van der Waals surface area (Å²) in [5, 5.41) is 3.66. The standard InChI is InChI=1S/C22H19Cl2NO3S/c1-2-29(27,28)18-10-8-15(9-11-18)12-21(26)25-17-13-19(23)22(20(24)14-17)16-6-4-3-5-7-16/h3-11,13-14H,2,12H2,1H3,(H,25,26). The fourth-order valence-electron chi connectivity index (χ4n) is 2.90. The Hall–Kier alpha value is -2.34. The number of benzene rings is 3. The molecule has 29 heavy (non-hydrogen) atoms. The van der Waals surface area contributed by atoms with E-state index in [9.17, 15) is 13.2 Å². The second-order valence-electron chi connectivity index (χ2n) is 6.45. The highest BCUT2D eigenvalue weighted by atomic mass is 35.5. The fourth-order valence-corrected chi connectivity index (χ4v) is 4.49. The van der Waals surface area contributed by atoms with Crippen LogP contribution in [0, 0.1) is 0 Å². The Morgan fingerprint density at radius 1 is 0.931 bits per heavy atom. The molecule has 4 nitrogen and oxygen atoms in total. The summed E-state index contributed by atoms with van der Waals surface area (Å²) in [7, 11) is -3.26. The first-order valence-corrected chi connectivity index (χ1v) is 11.4. The molecular weight excluding hydrogens is 429 g/mol. The van der Waals surface area contributed by atoms with E-state index in [0.29, 0.717) is 26.9 Å². The number of carbonyl (C=O) groups is 1. The van der Waals surface area contributed by atoms with Crippen molar-refractivity contribution < 1.29 is 13.2 Å². The third-order valence-corrected chi connectivity index (χ3v) is 6.76. The van der Waals surface area contributed by atoms with E-state index in [1.807, 2.05) is 30.3 Å². The maximum Gasteiger partial charge on any atom is 0.228 e. The van der Waals surface area contributed by atoms with Crippen LogP contribution in [0.2, 0.25) is 10.0 Å². The molecule has 3 aromatic rings. The summed E-state index contributed by atoms with van der Waals surface area (Å²) < 4.78 is 23.7. The van der Waals surface area contributed by atoms with Gasteiger partial charge < -0.3 is 5.32 Å². The summed E-state index contributed by atoms with van der Waals surface area (Å²) in [6.45, 7) is 1.59. The molecule has 0 heterocycles. The molecule has 0 aliphatic heterocycles. The smallest absolute Gasteiger partial charge is 0.228 e. The number of nitrogens with one attached hydrogen (secondary N) is 1. The summed E-state index contributed by atoms with van der Waals surface area (Å²) in [4.78, 5) is 12.6. The van der Waals surface area contributed by atoms with Crippen molar-refractivity contribution in [2.24, 2.45) is 0 Å². The van der Waals surface area contributed by atoms with Crippen LogP contribution < -0.4 is 5.32 Å². The first kappa shape index (κ1) is 21.4. The van der Waals surface area contributed by atoms with Crippen molar-refractivity contribution >= 4 is 44.6 Å². The Kier molecular flexibility index (Phi) is 6.63. The molecule has 0 spiro atoms. The highest BCUT2D eigenvalue weighted by Crippen LogP contribution is 2.37. The Bertz CT molecular complexity index is 1110. The average Bonchev–Trinajstić information content (AvgIpc) is 2.68. The van der Waals surface area contributed by atoms with Crippen LogP contribution >= 0.6 is 23.2 Å². The Morgan fingerprint density at radius 3 is 2.07 bits per heavy atom. The highest BCUT2D eigenvalue weighted by molar-refractivity contribution is 7.91. The Labute approximate surface area is 180 Å². The quantitative estimate of drug-likeness (QED) is 0.531. The average molecular weight is 448 g/mol. The zero-order chi connectivity index (χ0) is 21.0. The monoisotopic (exact) mass is 447 g/mol. The van der Waals surface area contributed by atoms with E-state index in [1.54, 1.807) is 31.2 Å². The van der Waals surface area contributed by atoms with Crippen molar-refractivity contribution in [3.05, 3.63) is 82.3 Å². The zero-order valence-electron chi connectivity index (χ0n) is 15.7. The van der Waals surface area contributed by atoms with E-state index >= 15 is 0 Å². The Balaban J connectivity index is 1.73. The molecule has 0 aliphatic rings.